The second kappa shape index (κ2) is 7.24. The maximum Gasteiger partial charge on any atom is 0.317 e. The normalized spacial score (nSPS) is 12.9. The molecular weight excluding hydrogens is 232 g/mol. The first-order chi connectivity index (χ1) is 8.17. The minimum absolute atomic E-state index is 0.0273. The number of urea groups is 1. The summed E-state index contributed by atoms with van der Waals surface area (Å²) in [6.45, 7) is 11.1. The molecule has 2 amide bonds. The number of carbonyl (C=O) groups is 2. The molecule has 0 spiro atoms. The Hall–Kier alpha value is -1.26. The summed E-state index contributed by atoms with van der Waals surface area (Å²) in [4.78, 5) is 24.1. The van der Waals surface area contributed by atoms with E-state index in [9.17, 15) is 9.59 Å². The third kappa shape index (κ3) is 7.14. The van der Waals surface area contributed by atoms with Crippen molar-refractivity contribution in [2.45, 2.75) is 53.5 Å². The molecule has 1 unspecified atom stereocenters. The van der Waals surface area contributed by atoms with Gasteiger partial charge in [-0.2, -0.15) is 0 Å². The predicted octanol–water partition coefficient (Wildman–Crippen LogP) is 2.32. The van der Waals surface area contributed by atoms with E-state index in [4.69, 9.17) is 5.11 Å². The van der Waals surface area contributed by atoms with E-state index in [-0.39, 0.29) is 23.9 Å². The molecule has 18 heavy (non-hydrogen) atoms. The van der Waals surface area contributed by atoms with E-state index in [1.165, 1.54) is 0 Å². The average Bonchev–Trinajstić information content (AvgIpc) is 2.15. The zero-order chi connectivity index (χ0) is 14.3. The Balaban J connectivity index is 4.23. The molecule has 106 valence electrons. The molecule has 5 nitrogen and oxygen atoms in total. The number of carboxylic acid groups (broad SMARTS) is 1. The fraction of sp³-hybridized carbons (Fsp3) is 0.846. The van der Waals surface area contributed by atoms with E-state index >= 15 is 0 Å². The van der Waals surface area contributed by atoms with Crippen LogP contribution in [0.4, 0.5) is 4.79 Å². The first kappa shape index (κ1) is 16.7. The van der Waals surface area contributed by atoms with Crippen molar-refractivity contribution >= 4 is 12.0 Å². The topological polar surface area (TPSA) is 69.6 Å². The zero-order valence-electron chi connectivity index (χ0n) is 12.1. The monoisotopic (exact) mass is 258 g/mol. The van der Waals surface area contributed by atoms with Crippen molar-refractivity contribution in [1.82, 2.24) is 10.2 Å². The molecule has 0 fully saturated rings. The number of amides is 2. The van der Waals surface area contributed by atoms with Crippen LogP contribution in [-0.4, -0.2) is 41.1 Å². The van der Waals surface area contributed by atoms with Gasteiger partial charge in [-0.05, 0) is 25.7 Å². The number of nitrogens with zero attached hydrogens (tertiary/aromatic N) is 1. The Labute approximate surface area is 110 Å². The predicted molar refractivity (Wildman–Crippen MR) is 71.6 cm³/mol. The molecule has 0 saturated heterocycles. The summed E-state index contributed by atoms with van der Waals surface area (Å²) in [6.07, 6.45) is 0.865. The van der Waals surface area contributed by atoms with E-state index in [0.29, 0.717) is 13.1 Å². The van der Waals surface area contributed by atoms with Crippen LogP contribution in [0.1, 0.15) is 47.5 Å². The summed E-state index contributed by atoms with van der Waals surface area (Å²) < 4.78 is 0. The lowest BCUT2D eigenvalue weighted by Gasteiger charge is -2.28. The lowest BCUT2D eigenvalue weighted by molar-refractivity contribution is -0.138. The third-order valence-corrected chi connectivity index (χ3v) is 2.75. The van der Waals surface area contributed by atoms with Crippen molar-refractivity contribution in [2.75, 3.05) is 13.1 Å². The standard InChI is InChI=1S/C13H26N2O3/c1-6-15(10(2)9-11(16)17)12(18)14-8-7-13(3,4)5/h10H,6-9H2,1-5H3,(H,14,18)(H,16,17). The maximum absolute atomic E-state index is 11.9. The van der Waals surface area contributed by atoms with E-state index in [1.807, 2.05) is 6.92 Å². The first-order valence-corrected chi connectivity index (χ1v) is 6.43. The molecule has 0 saturated carbocycles. The number of rotatable bonds is 6. The lowest BCUT2D eigenvalue weighted by atomic mass is 9.92. The third-order valence-electron chi connectivity index (χ3n) is 2.75. The molecule has 0 bridgehead atoms. The summed E-state index contributed by atoms with van der Waals surface area (Å²) in [5.41, 5.74) is 0.178. The minimum Gasteiger partial charge on any atom is -0.481 e. The molecular formula is C13H26N2O3. The van der Waals surface area contributed by atoms with Gasteiger partial charge in [0.15, 0.2) is 0 Å². The van der Waals surface area contributed by atoms with Gasteiger partial charge < -0.3 is 15.3 Å². The van der Waals surface area contributed by atoms with Crippen LogP contribution in [0.25, 0.3) is 0 Å². The molecule has 0 aromatic heterocycles. The van der Waals surface area contributed by atoms with Gasteiger partial charge in [-0.25, -0.2) is 4.79 Å². The highest BCUT2D eigenvalue weighted by Crippen LogP contribution is 2.17. The van der Waals surface area contributed by atoms with Gasteiger partial charge in [0, 0.05) is 19.1 Å². The zero-order valence-corrected chi connectivity index (χ0v) is 12.1. The van der Waals surface area contributed by atoms with Crippen LogP contribution in [0.2, 0.25) is 0 Å². The molecule has 0 radical (unpaired) electrons. The number of nitrogens with one attached hydrogen (secondary N) is 1. The van der Waals surface area contributed by atoms with Crippen LogP contribution >= 0.6 is 0 Å². The summed E-state index contributed by atoms with van der Waals surface area (Å²) >= 11 is 0. The maximum atomic E-state index is 11.9. The number of hydrogen-bond donors (Lipinski definition) is 2. The molecule has 0 aliphatic carbocycles. The van der Waals surface area contributed by atoms with Crippen molar-refractivity contribution in [3.8, 4) is 0 Å². The van der Waals surface area contributed by atoms with Crippen molar-refractivity contribution in [3.05, 3.63) is 0 Å². The Kier molecular flexibility index (Phi) is 6.73. The molecule has 2 N–H and O–H groups in total. The quantitative estimate of drug-likeness (QED) is 0.768. The molecule has 0 aromatic rings. The number of carbonyl (C=O) groups excluding carboxylic acids is 1. The highest BCUT2D eigenvalue weighted by atomic mass is 16.4. The second-order valence-electron chi connectivity index (χ2n) is 5.78. The minimum atomic E-state index is -0.886. The lowest BCUT2D eigenvalue weighted by Crippen LogP contribution is -2.46. The number of carboxylic acids is 1. The fourth-order valence-electron chi connectivity index (χ4n) is 1.66. The van der Waals surface area contributed by atoms with Crippen LogP contribution in [0.15, 0.2) is 0 Å². The molecule has 5 heteroatoms. The van der Waals surface area contributed by atoms with Crippen molar-refractivity contribution in [3.63, 3.8) is 0 Å². The molecule has 0 aliphatic rings. The average molecular weight is 258 g/mol. The SMILES string of the molecule is CCN(C(=O)NCCC(C)(C)C)C(C)CC(=O)O. The Morgan fingerprint density at radius 2 is 1.89 bits per heavy atom. The number of hydrogen-bond acceptors (Lipinski definition) is 2. The fourth-order valence-corrected chi connectivity index (χ4v) is 1.66. The van der Waals surface area contributed by atoms with Gasteiger partial charge in [0.05, 0.1) is 6.42 Å². The van der Waals surface area contributed by atoms with Crippen LogP contribution in [0, 0.1) is 5.41 Å². The van der Waals surface area contributed by atoms with Gasteiger partial charge in [-0.3, -0.25) is 4.79 Å². The smallest absolute Gasteiger partial charge is 0.317 e. The molecule has 1 atom stereocenters. The van der Waals surface area contributed by atoms with Gasteiger partial charge in [0.25, 0.3) is 0 Å². The Bertz CT molecular complexity index is 284. The van der Waals surface area contributed by atoms with Crippen LogP contribution in [0.5, 0.6) is 0 Å². The highest BCUT2D eigenvalue weighted by molar-refractivity contribution is 5.75. The van der Waals surface area contributed by atoms with E-state index in [2.05, 4.69) is 26.1 Å². The van der Waals surface area contributed by atoms with Gasteiger partial charge in [0.1, 0.15) is 0 Å². The van der Waals surface area contributed by atoms with Gasteiger partial charge >= 0.3 is 12.0 Å². The van der Waals surface area contributed by atoms with E-state index in [1.54, 1.807) is 11.8 Å². The van der Waals surface area contributed by atoms with Gasteiger partial charge in [0.2, 0.25) is 0 Å². The van der Waals surface area contributed by atoms with Crippen molar-refractivity contribution < 1.29 is 14.7 Å². The number of aliphatic carboxylic acids is 1. The molecule has 0 heterocycles. The van der Waals surface area contributed by atoms with Crippen LogP contribution in [-0.2, 0) is 4.79 Å². The van der Waals surface area contributed by atoms with E-state index in [0.717, 1.165) is 6.42 Å². The van der Waals surface area contributed by atoms with Gasteiger partial charge in [-0.1, -0.05) is 20.8 Å². The first-order valence-electron chi connectivity index (χ1n) is 6.43. The summed E-state index contributed by atoms with van der Waals surface area (Å²) in [6, 6.07) is -0.474. The molecule has 0 rings (SSSR count). The van der Waals surface area contributed by atoms with Crippen LogP contribution in [0.3, 0.4) is 0 Å². The Morgan fingerprint density at radius 3 is 2.28 bits per heavy atom. The van der Waals surface area contributed by atoms with Crippen molar-refractivity contribution in [2.24, 2.45) is 5.41 Å². The van der Waals surface area contributed by atoms with Crippen LogP contribution < -0.4 is 5.32 Å². The molecule has 0 aliphatic heterocycles. The summed E-state index contributed by atoms with van der Waals surface area (Å²) in [5, 5.41) is 11.6. The Morgan fingerprint density at radius 1 is 1.33 bits per heavy atom. The summed E-state index contributed by atoms with van der Waals surface area (Å²) in [7, 11) is 0. The second-order valence-corrected chi connectivity index (χ2v) is 5.78. The largest absolute Gasteiger partial charge is 0.481 e. The molecule has 0 aromatic carbocycles. The van der Waals surface area contributed by atoms with Crippen molar-refractivity contribution in [1.29, 1.82) is 0 Å². The highest BCUT2D eigenvalue weighted by Gasteiger charge is 2.20. The summed E-state index contributed by atoms with van der Waals surface area (Å²) in [5.74, 6) is -0.886. The van der Waals surface area contributed by atoms with Gasteiger partial charge in [-0.15, -0.1) is 0 Å². The van der Waals surface area contributed by atoms with E-state index < -0.39 is 5.97 Å².